The first-order valence-electron chi connectivity index (χ1n) is 12.5. The molecule has 2 aromatic carbocycles. The lowest BCUT2D eigenvalue weighted by atomic mass is 10.00. The van der Waals surface area contributed by atoms with E-state index in [9.17, 15) is 23.5 Å². The number of rotatable bonds is 13. The smallest absolute Gasteiger partial charge is 0.251 e. The Morgan fingerprint density at radius 1 is 1.06 bits per heavy atom. The van der Waals surface area contributed by atoms with Gasteiger partial charge in [-0.3, -0.25) is 9.59 Å². The van der Waals surface area contributed by atoms with E-state index in [1.165, 1.54) is 19.1 Å². The van der Waals surface area contributed by atoms with E-state index in [0.29, 0.717) is 16.7 Å². The largest absolute Gasteiger partial charge is 0.390 e. The van der Waals surface area contributed by atoms with Gasteiger partial charge in [-0.1, -0.05) is 32.3 Å². The molecule has 0 saturated carbocycles. The number of Topliss-reactive ketones (excluding diaryl/α,β-unsaturated/α-hetero) is 1. The van der Waals surface area contributed by atoms with E-state index in [-0.39, 0.29) is 18.7 Å². The van der Waals surface area contributed by atoms with Crippen LogP contribution in [0.25, 0.3) is 10.9 Å². The van der Waals surface area contributed by atoms with E-state index < -0.39 is 29.7 Å². The molecule has 0 aliphatic rings. The number of benzene rings is 2. The lowest BCUT2D eigenvalue weighted by molar-refractivity contribution is 0.0834. The molecule has 6 nitrogen and oxygen atoms in total. The van der Waals surface area contributed by atoms with Crippen LogP contribution in [-0.4, -0.2) is 47.1 Å². The second kappa shape index (κ2) is 12.7. The highest BCUT2D eigenvalue weighted by Gasteiger charge is 2.23. The normalized spacial score (nSPS) is 13.1. The zero-order chi connectivity index (χ0) is 26.2. The molecule has 1 amide bonds. The highest BCUT2D eigenvalue weighted by molar-refractivity contribution is 6.08. The van der Waals surface area contributed by atoms with Crippen LogP contribution in [0.5, 0.6) is 0 Å². The molecule has 0 spiro atoms. The van der Waals surface area contributed by atoms with Crippen molar-refractivity contribution in [3.05, 3.63) is 70.9 Å². The average Bonchev–Trinajstić information content (AvgIpc) is 3.19. The van der Waals surface area contributed by atoms with Crippen molar-refractivity contribution in [1.82, 2.24) is 15.2 Å². The Morgan fingerprint density at radius 3 is 2.42 bits per heavy atom. The van der Waals surface area contributed by atoms with Gasteiger partial charge in [0, 0.05) is 47.4 Å². The van der Waals surface area contributed by atoms with Crippen molar-refractivity contribution >= 4 is 22.6 Å². The van der Waals surface area contributed by atoms with Crippen LogP contribution in [0, 0.1) is 11.6 Å². The van der Waals surface area contributed by atoms with Gasteiger partial charge in [-0.2, -0.15) is 0 Å². The van der Waals surface area contributed by atoms with Crippen molar-refractivity contribution in [2.24, 2.45) is 0 Å². The van der Waals surface area contributed by atoms with Gasteiger partial charge in [-0.25, -0.2) is 8.78 Å². The number of ketones is 1. The molecule has 0 aliphatic carbocycles. The summed E-state index contributed by atoms with van der Waals surface area (Å²) in [5, 5.41) is 17.1. The number of fused-ring (bicyclic) bond motifs is 1. The van der Waals surface area contributed by atoms with Gasteiger partial charge in [-0.15, -0.1) is 0 Å². The highest BCUT2D eigenvalue weighted by Crippen LogP contribution is 2.24. The SMILES string of the molecule is CCCCCCn1cc(C(C)=O)c2ccc(C(=O)N[C@@H](Cc3cc(F)cc(F)c3)[C@H](O)CNC)cc21. The number of carbonyl (C=O) groups excluding carboxylic acids is 2. The third-order valence-electron chi connectivity index (χ3n) is 6.35. The maximum absolute atomic E-state index is 13.7. The van der Waals surface area contributed by atoms with E-state index in [1.807, 2.05) is 10.8 Å². The molecule has 3 N–H and O–H groups in total. The summed E-state index contributed by atoms with van der Waals surface area (Å²) in [5.41, 5.74) is 2.11. The van der Waals surface area contributed by atoms with Crippen molar-refractivity contribution in [3.63, 3.8) is 0 Å². The molecule has 3 aromatic rings. The Balaban J connectivity index is 1.87. The number of likely N-dealkylation sites (N-methyl/N-ethyl adjacent to an activating group) is 1. The van der Waals surface area contributed by atoms with Gasteiger partial charge in [0.05, 0.1) is 12.1 Å². The summed E-state index contributed by atoms with van der Waals surface area (Å²) in [6, 6.07) is 7.54. The van der Waals surface area contributed by atoms with Crippen LogP contribution in [0.4, 0.5) is 8.78 Å². The molecular formula is C28H35F2N3O3. The standard InChI is InChI=1S/C28H35F2N3O3/c1-4-5-6-7-10-33-17-24(18(2)34)23-9-8-20(14-26(23)33)28(36)32-25(27(35)16-31-3)13-19-11-21(29)15-22(30)12-19/h8-9,11-12,14-15,17,25,27,31,35H,4-7,10,13,16H2,1-3H3,(H,32,36)/t25-,27+/m0/s1. The van der Waals surface area contributed by atoms with Crippen LogP contribution in [0.15, 0.2) is 42.6 Å². The number of aryl methyl sites for hydroxylation is 1. The molecule has 3 rings (SSSR count). The van der Waals surface area contributed by atoms with Crippen molar-refractivity contribution < 1.29 is 23.5 Å². The van der Waals surface area contributed by atoms with E-state index >= 15 is 0 Å². The van der Waals surface area contributed by atoms with E-state index in [2.05, 4.69) is 17.6 Å². The highest BCUT2D eigenvalue weighted by atomic mass is 19.1. The first-order valence-corrected chi connectivity index (χ1v) is 12.5. The molecule has 1 heterocycles. The van der Waals surface area contributed by atoms with Crippen molar-refractivity contribution in [2.75, 3.05) is 13.6 Å². The minimum atomic E-state index is -0.985. The van der Waals surface area contributed by atoms with E-state index in [4.69, 9.17) is 0 Å². The van der Waals surface area contributed by atoms with Gasteiger partial charge in [-0.05, 0) is 56.6 Å². The zero-order valence-electron chi connectivity index (χ0n) is 21.1. The molecular weight excluding hydrogens is 464 g/mol. The number of halogens is 2. The first kappa shape index (κ1) is 27.5. The second-order valence-corrected chi connectivity index (χ2v) is 9.27. The molecule has 8 heteroatoms. The number of nitrogens with zero attached hydrogens (tertiary/aromatic N) is 1. The van der Waals surface area contributed by atoms with Gasteiger partial charge >= 0.3 is 0 Å². The number of aromatic nitrogens is 1. The first-order chi connectivity index (χ1) is 17.2. The summed E-state index contributed by atoms with van der Waals surface area (Å²) < 4.78 is 29.4. The van der Waals surface area contributed by atoms with Gasteiger partial charge in [0.1, 0.15) is 11.6 Å². The number of amides is 1. The Morgan fingerprint density at radius 2 is 1.78 bits per heavy atom. The van der Waals surface area contributed by atoms with Crippen LogP contribution in [0.2, 0.25) is 0 Å². The van der Waals surface area contributed by atoms with Crippen molar-refractivity contribution in [2.45, 2.75) is 64.6 Å². The van der Waals surface area contributed by atoms with Gasteiger partial charge in [0.15, 0.2) is 5.78 Å². The number of nitrogens with one attached hydrogen (secondary N) is 2. The summed E-state index contributed by atoms with van der Waals surface area (Å²) in [7, 11) is 1.67. The fourth-order valence-electron chi connectivity index (χ4n) is 4.48. The fraction of sp³-hybridized carbons (Fsp3) is 0.429. The van der Waals surface area contributed by atoms with E-state index in [1.54, 1.807) is 25.2 Å². The summed E-state index contributed by atoms with van der Waals surface area (Å²) >= 11 is 0. The number of carbonyl (C=O) groups is 2. The minimum absolute atomic E-state index is 0.0397. The van der Waals surface area contributed by atoms with Crippen molar-refractivity contribution in [1.29, 1.82) is 0 Å². The van der Waals surface area contributed by atoms with E-state index in [0.717, 1.165) is 49.2 Å². The quantitative estimate of drug-likeness (QED) is 0.237. The summed E-state index contributed by atoms with van der Waals surface area (Å²) in [6.45, 7) is 4.60. The van der Waals surface area contributed by atoms with Crippen LogP contribution in [0.3, 0.4) is 0 Å². The number of aliphatic hydroxyl groups is 1. The number of hydrogen-bond acceptors (Lipinski definition) is 4. The molecule has 1 aromatic heterocycles. The van der Waals surface area contributed by atoms with Gasteiger partial charge in [0.2, 0.25) is 0 Å². The summed E-state index contributed by atoms with van der Waals surface area (Å²) in [6.07, 6.45) is 5.22. The number of unbranched alkanes of at least 4 members (excludes halogenated alkanes) is 3. The Kier molecular flexibility index (Phi) is 9.73. The Bertz CT molecular complexity index is 1190. The number of hydrogen-bond donors (Lipinski definition) is 3. The van der Waals surface area contributed by atoms with Crippen LogP contribution >= 0.6 is 0 Å². The number of aliphatic hydroxyl groups excluding tert-OH is 1. The lowest BCUT2D eigenvalue weighted by Gasteiger charge is -2.24. The lowest BCUT2D eigenvalue weighted by Crippen LogP contribution is -2.48. The molecule has 0 bridgehead atoms. The molecule has 0 unspecified atom stereocenters. The molecule has 0 aliphatic heterocycles. The molecule has 0 fully saturated rings. The van der Waals surface area contributed by atoms with Crippen LogP contribution in [-0.2, 0) is 13.0 Å². The monoisotopic (exact) mass is 499 g/mol. The van der Waals surface area contributed by atoms with Gasteiger partial charge < -0.3 is 20.3 Å². The maximum Gasteiger partial charge on any atom is 0.251 e. The molecule has 194 valence electrons. The zero-order valence-corrected chi connectivity index (χ0v) is 21.1. The molecule has 2 atom stereocenters. The molecule has 36 heavy (non-hydrogen) atoms. The van der Waals surface area contributed by atoms with Crippen LogP contribution < -0.4 is 10.6 Å². The summed E-state index contributed by atoms with van der Waals surface area (Å²) in [4.78, 5) is 25.4. The molecule has 0 radical (unpaired) electrons. The van der Waals surface area contributed by atoms with Crippen molar-refractivity contribution in [3.8, 4) is 0 Å². The third kappa shape index (κ3) is 6.98. The van der Waals surface area contributed by atoms with Crippen LogP contribution in [0.1, 0.15) is 65.8 Å². The fourth-order valence-corrected chi connectivity index (χ4v) is 4.48. The predicted octanol–water partition coefficient (Wildman–Crippen LogP) is 4.62. The third-order valence-corrected chi connectivity index (χ3v) is 6.35. The maximum atomic E-state index is 13.7. The second-order valence-electron chi connectivity index (χ2n) is 9.27. The summed E-state index contributed by atoms with van der Waals surface area (Å²) in [5.74, 6) is -1.90. The Labute approximate surface area is 210 Å². The predicted molar refractivity (Wildman–Crippen MR) is 137 cm³/mol. The topological polar surface area (TPSA) is 83.4 Å². The van der Waals surface area contributed by atoms with Gasteiger partial charge in [0.25, 0.3) is 5.91 Å². The Hall–Kier alpha value is -3.10. The minimum Gasteiger partial charge on any atom is -0.390 e. The average molecular weight is 500 g/mol. The molecule has 0 saturated heterocycles.